The van der Waals surface area contributed by atoms with Crippen molar-refractivity contribution >= 4 is 23.7 Å². The molecule has 0 rings (SSSR count). The Balaban J connectivity index is 4.87. The topological polar surface area (TPSA) is 191 Å². The Hall–Kier alpha value is -2.24. The summed E-state index contributed by atoms with van der Waals surface area (Å²) < 4.78 is 0. The minimum atomic E-state index is -1.39. The van der Waals surface area contributed by atoms with Gasteiger partial charge in [-0.15, -0.1) is 0 Å². The number of amides is 3. The van der Waals surface area contributed by atoms with Gasteiger partial charge in [0.05, 0.1) is 12.7 Å². The summed E-state index contributed by atoms with van der Waals surface area (Å²) in [5, 5.41) is 34.6. The molecule has 0 bridgehead atoms. The Bertz CT molecular complexity index is 541. The lowest BCUT2D eigenvalue weighted by Gasteiger charge is -2.24. The highest BCUT2D eigenvalue weighted by molar-refractivity contribution is 5.94. The lowest BCUT2D eigenvalue weighted by atomic mass is 9.99. The molecule has 6 unspecified atom stereocenters. The summed E-state index contributed by atoms with van der Waals surface area (Å²) in [6.07, 6.45) is -0.634. The molecule has 0 radical (unpaired) electrons. The van der Waals surface area contributed by atoms with Crippen molar-refractivity contribution in [3.8, 4) is 0 Å². The summed E-state index contributed by atoms with van der Waals surface area (Å²) in [5.41, 5.74) is 5.44. The van der Waals surface area contributed by atoms with E-state index in [0.29, 0.717) is 6.42 Å². The fourth-order valence-corrected chi connectivity index (χ4v) is 2.02. The zero-order valence-electron chi connectivity index (χ0n) is 15.9. The highest BCUT2D eigenvalue weighted by Gasteiger charge is 2.30. The molecule has 8 N–H and O–H groups in total. The molecule has 0 aliphatic carbocycles. The standard InChI is InChI=1S/C16H30N4O7/c1-5-7(2)12(16(26)27)20-13(23)8(3)18-14(24)10(6-21)19-15(25)11(17)9(4)22/h7-12,21-22H,5-6,17H2,1-4H3,(H,18,24)(H,19,25)(H,20,23)(H,26,27). The SMILES string of the molecule is CCC(C)C(NC(=O)C(C)NC(=O)C(CO)NC(=O)C(N)C(C)O)C(=O)O. The number of nitrogens with two attached hydrogens (primary N) is 1. The van der Waals surface area contributed by atoms with Gasteiger partial charge >= 0.3 is 5.97 Å². The number of carbonyl (C=O) groups is 4. The summed E-state index contributed by atoms with van der Waals surface area (Å²) in [4.78, 5) is 47.3. The van der Waals surface area contributed by atoms with E-state index in [-0.39, 0.29) is 5.92 Å². The summed E-state index contributed by atoms with van der Waals surface area (Å²) in [6, 6.07) is -4.90. The number of aliphatic hydroxyl groups is 2. The minimum Gasteiger partial charge on any atom is -0.480 e. The zero-order chi connectivity index (χ0) is 21.3. The van der Waals surface area contributed by atoms with Crippen LogP contribution in [0.15, 0.2) is 0 Å². The quantitative estimate of drug-likeness (QED) is 0.198. The third kappa shape index (κ3) is 7.89. The summed E-state index contributed by atoms with van der Waals surface area (Å²) in [5.74, 6) is -3.94. The van der Waals surface area contributed by atoms with Crippen molar-refractivity contribution < 1.29 is 34.5 Å². The number of nitrogens with one attached hydrogen (secondary N) is 3. The Morgan fingerprint density at radius 1 is 0.963 bits per heavy atom. The normalized spacial score (nSPS) is 17.6. The maximum atomic E-state index is 12.2. The van der Waals surface area contributed by atoms with Gasteiger partial charge in [-0.1, -0.05) is 20.3 Å². The monoisotopic (exact) mass is 390 g/mol. The molecule has 0 spiro atoms. The van der Waals surface area contributed by atoms with E-state index >= 15 is 0 Å². The van der Waals surface area contributed by atoms with Crippen molar-refractivity contribution in [2.24, 2.45) is 11.7 Å². The van der Waals surface area contributed by atoms with Gasteiger partial charge in [-0.3, -0.25) is 14.4 Å². The highest BCUT2D eigenvalue weighted by Crippen LogP contribution is 2.08. The second-order valence-corrected chi connectivity index (χ2v) is 6.45. The molecule has 0 aliphatic rings. The van der Waals surface area contributed by atoms with Gasteiger partial charge in [0.1, 0.15) is 24.2 Å². The summed E-state index contributed by atoms with van der Waals surface area (Å²) >= 11 is 0. The van der Waals surface area contributed by atoms with Crippen molar-refractivity contribution in [1.82, 2.24) is 16.0 Å². The van der Waals surface area contributed by atoms with Gasteiger partial charge in [-0.05, 0) is 19.8 Å². The molecule has 0 fully saturated rings. The molecular weight excluding hydrogens is 360 g/mol. The van der Waals surface area contributed by atoms with Gasteiger partial charge < -0.3 is 37.0 Å². The number of aliphatic hydroxyl groups excluding tert-OH is 2. The molecule has 27 heavy (non-hydrogen) atoms. The van der Waals surface area contributed by atoms with E-state index in [2.05, 4.69) is 16.0 Å². The third-order valence-corrected chi connectivity index (χ3v) is 4.17. The molecule has 0 aromatic heterocycles. The van der Waals surface area contributed by atoms with E-state index in [1.54, 1.807) is 13.8 Å². The lowest BCUT2D eigenvalue weighted by Crippen LogP contribution is -2.58. The highest BCUT2D eigenvalue weighted by atomic mass is 16.4. The van der Waals surface area contributed by atoms with Crippen molar-refractivity contribution in [1.29, 1.82) is 0 Å². The van der Waals surface area contributed by atoms with E-state index < -0.39 is 60.6 Å². The fourth-order valence-electron chi connectivity index (χ4n) is 2.02. The van der Waals surface area contributed by atoms with Gasteiger partial charge in [0.25, 0.3) is 0 Å². The molecule has 11 heteroatoms. The number of rotatable bonds is 11. The van der Waals surface area contributed by atoms with Gasteiger partial charge in [0, 0.05) is 0 Å². The molecule has 0 heterocycles. The minimum absolute atomic E-state index is 0.319. The largest absolute Gasteiger partial charge is 0.480 e. The van der Waals surface area contributed by atoms with Crippen LogP contribution >= 0.6 is 0 Å². The van der Waals surface area contributed by atoms with Crippen LogP contribution in [-0.2, 0) is 19.2 Å². The second-order valence-electron chi connectivity index (χ2n) is 6.45. The molecule has 0 saturated carbocycles. The van der Waals surface area contributed by atoms with Crippen LogP contribution in [0.1, 0.15) is 34.1 Å². The molecular formula is C16H30N4O7. The average Bonchev–Trinajstić information content (AvgIpc) is 2.61. The summed E-state index contributed by atoms with van der Waals surface area (Å²) in [7, 11) is 0. The third-order valence-electron chi connectivity index (χ3n) is 4.17. The van der Waals surface area contributed by atoms with Gasteiger partial charge in [0.2, 0.25) is 17.7 Å². The van der Waals surface area contributed by atoms with E-state index in [0.717, 1.165) is 0 Å². The van der Waals surface area contributed by atoms with Crippen LogP contribution in [0.25, 0.3) is 0 Å². The number of aliphatic carboxylic acids is 1. The number of carboxylic acids is 1. The number of carboxylic acid groups (broad SMARTS) is 1. The van der Waals surface area contributed by atoms with Crippen LogP contribution in [0, 0.1) is 5.92 Å². The average molecular weight is 390 g/mol. The lowest BCUT2D eigenvalue weighted by molar-refractivity contribution is -0.143. The van der Waals surface area contributed by atoms with Crippen molar-refractivity contribution in [2.45, 2.75) is 64.4 Å². The molecule has 0 saturated heterocycles. The Morgan fingerprint density at radius 3 is 1.93 bits per heavy atom. The zero-order valence-corrected chi connectivity index (χ0v) is 15.9. The van der Waals surface area contributed by atoms with Crippen LogP contribution in [-0.4, -0.2) is 75.9 Å². The molecule has 11 nitrogen and oxygen atoms in total. The van der Waals surface area contributed by atoms with Gasteiger partial charge in [-0.25, -0.2) is 4.79 Å². The van der Waals surface area contributed by atoms with Crippen molar-refractivity contribution in [2.75, 3.05) is 6.61 Å². The molecule has 3 amide bonds. The van der Waals surface area contributed by atoms with Gasteiger partial charge in [0.15, 0.2) is 0 Å². The van der Waals surface area contributed by atoms with E-state index in [9.17, 15) is 34.5 Å². The number of carbonyl (C=O) groups excluding carboxylic acids is 3. The van der Waals surface area contributed by atoms with Crippen LogP contribution in [0.4, 0.5) is 0 Å². The Labute approximate surface area is 157 Å². The maximum absolute atomic E-state index is 12.2. The first-order valence-corrected chi connectivity index (χ1v) is 8.64. The molecule has 6 atom stereocenters. The Kier molecular flexibility index (Phi) is 10.5. The number of hydrogen-bond acceptors (Lipinski definition) is 7. The smallest absolute Gasteiger partial charge is 0.326 e. The molecule has 0 aliphatic heterocycles. The van der Waals surface area contributed by atoms with Crippen molar-refractivity contribution in [3.05, 3.63) is 0 Å². The predicted molar refractivity (Wildman–Crippen MR) is 95.3 cm³/mol. The van der Waals surface area contributed by atoms with Crippen LogP contribution in [0.5, 0.6) is 0 Å². The predicted octanol–water partition coefficient (Wildman–Crippen LogP) is -2.71. The second kappa shape index (κ2) is 11.5. The number of hydrogen-bond donors (Lipinski definition) is 7. The molecule has 0 aromatic carbocycles. The first-order chi connectivity index (χ1) is 12.5. The van der Waals surface area contributed by atoms with Gasteiger partial charge in [-0.2, -0.15) is 0 Å². The van der Waals surface area contributed by atoms with Crippen molar-refractivity contribution in [3.63, 3.8) is 0 Å². The Morgan fingerprint density at radius 2 is 1.52 bits per heavy atom. The van der Waals surface area contributed by atoms with Crippen LogP contribution in [0.3, 0.4) is 0 Å². The molecule has 156 valence electrons. The first-order valence-electron chi connectivity index (χ1n) is 8.64. The van der Waals surface area contributed by atoms with E-state index in [4.69, 9.17) is 5.73 Å². The molecule has 0 aromatic rings. The fraction of sp³-hybridized carbons (Fsp3) is 0.750. The first kappa shape index (κ1) is 24.8. The maximum Gasteiger partial charge on any atom is 0.326 e. The van der Waals surface area contributed by atoms with Crippen LogP contribution < -0.4 is 21.7 Å². The van der Waals surface area contributed by atoms with Crippen LogP contribution in [0.2, 0.25) is 0 Å². The van der Waals surface area contributed by atoms with E-state index in [1.165, 1.54) is 13.8 Å². The van der Waals surface area contributed by atoms with E-state index in [1.807, 2.05) is 0 Å². The summed E-state index contributed by atoms with van der Waals surface area (Å²) in [6.45, 7) is 5.32.